The molecule has 2 aromatic rings. The summed E-state index contributed by atoms with van der Waals surface area (Å²) in [7, 11) is 1.60. The molecule has 0 aliphatic carbocycles. The van der Waals surface area contributed by atoms with E-state index < -0.39 is 12.3 Å². The van der Waals surface area contributed by atoms with Crippen LogP contribution >= 0.6 is 0 Å². The quantitative estimate of drug-likeness (QED) is 0.735. The molecule has 0 radical (unpaired) electrons. The molecule has 0 spiro atoms. The Labute approximate surface area is 174 Å². The van der Waals surface area contributed by atoms with Gasteiger partial charge in [0.2, 0.25) is 6.29 Å². The number of para-hydroxylation sites is 1. The van der Waals surface area contributed by atoms with Gasteiger partial charge in [0.15, 0.2) is 11.6 Å². The van der Waals surface area contributed by atoms with Crippen LogP contribution in [-0.2, 0) is 14.3 Å². The number of anilines is 1. The second-order valence-electron chi connectivity index (χ2n) is 8.20. The Morgan fingerprint density at radius 2 is 1.93 bits per heavy atom. The lowest BCUT2D eigenvalue weighted by molar-refractivity contribution is -0.163. The molecule has 6 atom stereocenters. The molecule has 152 valence electrons. The number of carbonyl (C=O) groups excluding carboxylic acids is 2. The molecule has 4 aliphatic heterocycles. The lowest BCUT2D eigenvalue weighted by Gasteiger charge is -2.35. The molecule has 3 fully saturated rings. The third kappa shape index (κ3) is 2.38. The van der Waals surface area contributed by atoms with Crippen LogP contribution in [-0.4, -0.2) is 49.8 Å². The minimum Gasteiger partial charge on any atom is -0.497 e. The van der Waals surface area contributed by atoms with E-state index in [9.17, 15) is 9.59 Å². The van der Waals surface area contributed by atoms with Crippen LogP contribution in [0.1, 0.15) is 15.9 Å². The largest absolute Gasteiger partial charge is 0.497 e. The van der Waals surface area contributed by atoms with E-state index >= 15 is 0 Å². The minimum atomic E-state index is -0.807. The summed E-state index contributed by atoms with van der Waals surface area (Å²) in [6.45, 7) is 0.343. The molecular weight excluding hydrogens is 382 g/mol. The molecule has 4 heterocycles. The first-order chi connectivity index (χ1) is 14.7. The number of methoxy groups -OCH3 is 1. The Bertz CT molecular complexity index is 1060. The van der Waals surface area contributed by atoms with Crippen molar-refractivity contribution in [2.45, 2.75) is 24.5 Å². The van der Waals surface area contributed by atoms with Crippen LogP contribution in [0, 0.1) is 11.8 Å². The summed E-state index contributed by atoms with van der Waals surface area (Å²) in [5.41, 5.74) is 2.63. The van der Waals surface area contributed by atoms with Crippen LogP contribution in [0.3, 0.4) is 0 Å². The first-order valence-corrected chi connectivity index (χ1v) is 10.2. The van der Waals surface area contributed by atoms with Gasteiger partial charge >= 0.3 is 0 Å². The summed E-state index contributed by atoms with van der Waals surface area (Å²) in [5.74, 6) is 0.0442. The van der Waals surface area contributed by atoms with Gasteiger partial charge in [0.1, 0.15) is 5.75 Å². The Hall–Kier alpha value is -2.96. The van der Waals surface area contributed by atoms with Gasteiger partial charge in [-0.25, -0.2) is 0 Å². The predicted octanol–water partition coefficient (Wildman–Crippen LogP) is 2.72. The van der Waals surface area contributed by atoms with E-state index in [4.69, 9.17) is 14.2 Å². The average Bonchev–Trinajstić information content (AvgIpc) is 3.38. The van der Waals surface area contributed by atoms with Crippen LogP contribution < -0.4 is 9.64 Å². The number of ketones is 2. The first kappa shape index (κ1) is 17.9. The van der Waals surface area contributed by atoms with Crippen molar-refractivity contribution in [3.8, 4) is 5.75 Å². The van der Waals surface area contributed by atoms with Crippen LogP contribution in [0.5, 0.6) is 5.75 Å². The van der Waals surface area contributed by atoms with Crippen molar-refractivity contribution in [2.75, 3.05) is 18.6 Å². The standard InChI is InChI=1S/C24H21NO5/c1-28-15-9-6-14(7-10-15)22(26)21-20-18-12-29-24(30-18)23(27)19(20)17-11-8-13-4-2-3-5-16(13)25(17)21/h2-11,17-21,24H,12H2,1H3. The molecule has 0 amide bonds. The monoisotopic (exact) mass is 403 g/mol. The number of ether oxygens (including phenoxy) is 3. The van der Waals surface area contributed by atoms with Crippen molar-refractivity contribution >= 4 is 23.3 Å². The van der Waals surface area contributed by atoms with Gasteiger partial charge in [0.25, 0.3) is 0 Å². The van der Waals surface area contributed by atoms with Crippen LogP contribution in [0.15, 0.2) is 54.6 Å². The number of rotatable bonds is 3. The number of fused-ring (bicyclic) bond motifs is 8. The van der Waals surface area contributed by atoms with Crippen molar-refractivity contribution in [2.24, 2.45) is 11.8 Å². The molecule has 6 nitrogen and oxygen atoms in total. The Morgan fingerprint density at radius 1 is 1.13 bits per heavy atom. The molecule has 6 unspecified atom stereocenters. The highest BCUT2D eigenvalue weighted by atomic mass is 16.7. The maximum atomic E-state index is 13.8. The summed E-state index contributed by atoms with van der Waals surface area (Å²) in [6.07, 6.45) is 3.04. The van der Waals surface area contributed by atoms with Crippen LogP contribution in [0.2, 0.25) is 0 Å². The van der Waals surface area contributed by atoms with Gasteiger partial charge in [-0.05, 0) is 35.9 Å². The molecule has 4 aliphatic rings. The number of carbonyl (C=O) groups is 2. The van der Waals surface area contributed by atoms with E-state index in [-0.39, 0.29) is 35.5 Å². The number of nitrogens with zero attached hydrogens (tertiary/aromatic N) is 1. The SMILES string of the molecule is COc1ccc(C(=O)C2C3C4COC(O4)C(=O)C3C3C=Cc4ccccc4N32)cc1. The van der Waals surface area contributed by atoms with Crippen molar-refractivity contribution in [1.29, 1.82) is 0 Å². The van der Waals surface area contributed by atoms with Crippen LogP contribution in [0.25, 0.3) is 6.08 Å². The molecule has 6 heteroatoms. The molecule has 0 saturated carbocycles. The summed E-state index contributed by atoms with van der Waals surface area (Å²) >= 11 is 0. The van der Waals surface area contributed by atoms with Gasteiger partial charge in [-0.1, -0.05) is 30.4 Å². The number of hydrogen-bond acceptors (Lipinski definition) is 6. The summed E-state index contributed by atoms with van der Waals surface area (Å²) in [5, 5.41) is 0. The molecule has 2 aromatic carbocycles. The van der Waals surface area contributed by atoms with Crippen molar-refractivity contribution in [1.82, 2.24) is 0 Å². The van der Waals surface area contributed by atoms with Gasteiger partial charge in [-0.3, -0.25) is 9.59 Å². The smallest absolute Gasteiger partial charge is 0.218 e. The van der Waals surface area contributed by atoms with E-state index in [0.717, 1.165) is 11.3 Å². The predicted molar refractivity (Wildman–Crippen MR) is 109 cm³/mol. The van der Waals surface area contributed by atoms with Crippen LogP contribution in [0.4, 0.5) is 5.69 Å². The van der Waals surface area contributed by atoms with Gasteiger partial charge in [-0.2, -0.15) is 0 Å². The van der Waals surface area contributed by atoms with Gasteiger partial charge in [-0.15, -0.1) is 0 Å². The van der Waals surface area contributed by atoms with E-state index in [2.05, 4.69) is 17.1 Å². The zero-order chi connectivity index (χ0) is 20.4. The van der Waals surface area contributed by atoms with E-state index in [1.54, 1.807) is 31.4 Å². The zero-order valence-electron chi connectivity index (χ0n) is 16.4. The maximum Gasteiger partial charge on any atom is 0.218 e. The summed E-state index contributed by atoms with van der Waals surface area (Å²) in [4.78, 5) is 29.2. The Morgan fingerprint density at radius 3 is 2.73 bits per heavy atom. The topological polar surface area (TPSA) is 65.1 Å². The number of hydrogen-bond donors (Lipinski definition) is 0. The molecule has 6 rings (SSSR count). The fraction of sp³-hybridized carbons (Fsp3) is 0.333. The number of benzene rings is 2. The van der Waals surface area contributed by atoms with E-state index in [1.807, 2.05) is 24.3 Å². The molecule has 2 bridgehead atoms. The summed E-state index contributed by atoms with van der Waals surface area (Å²) < 4.78 is 16.7. The highest BCUT2D eigenvalue weighted by Crippen LogP contribution is 2.51. The van der Waals surface area contributed by atoms with Gasteiger partial charge in [0, 0.05) is 17.2 Å². The van der Waals surface area contributed by atoms with E-state index in [1.165, 1.54) is 0 Å². The maximum absolute atomic E-state index is 13.8. The van der Waals surface area contributed by atoms with Gasteiger partial charge < -0.3 is 19.1 Å². The van der Waals surface area contributed by atoms with Crippen molar-refractivity contribution in [3.05, 3.63) is 65.7 Å². The third-order valence-corrected chi connectivity index (χ3v) is 6.80. The number of Topliss-reactive ketones (excluding diaryl/α,β-unsaturated/α-hetero) is 2. The molecule has 0 N–H and O–H groups in total. The zero-order valence-corrected chi connectivity index (χ0v) is 16.4. The normalized spacial score (nSPS) is 33.1. The lowest BCUT2D eigenvalue weighted by Crippen LogP contribution is -2.48. The highest BCUT2D eigenvalue weighted by molar-refractivity contribution is 6.05. The fourth-order valence-corrected chi connectivity index (χ4v) is 5.50. The Balaban J connectivity index is 1.49. The van der Waals surface area contributed by atoms with Gasteiger partial charge in [0.05, 0.1) is 37.8 Å². The van der Waals surface area contributed by atoms with E-state index in [0.29, 0.717) is 17.9 Å². The second kappa shape index (κ2) is 6.52. The first-order valence-electron chi connectivity index (χ1n) is 10.2. The minimum absolute atomic E-state index is 0.0120. The molecular formula is C24H21NO5. The summed E-state index contributed by atoms with van der Waals surface area (Å²) in [6, 6.07) is 14.5. The Kier molecular flexibility index (Phi) is 3.88. The molecule has 3 saturated heterocycles. The fourth-order valence-electron chi connectivity index (χ4n) is 5.50. The molecule has 0 aromatic heterocycles. The molecule has 30 heavy (non-hydrogen) atoms. The third-order valence-electron chi connectivity index (χ3n) is 6.80. The average molecular weight is 403 g/mol. The second-order valence-corrected chi connectivity index (χ2v) is 8.20. The lowest BCUT2D eigenvalue weighted by atomic mass is 9.77. The van der Waals surface area contributed by atoms with Crippen molar-refractivity contribution in [3.63, 3.8) is 0 Å². The van der Waals surface area contributed by atoms with Crippen molar-refractivity contribution < 1.29 is 23.8 Å². The highest BCUT2D eigenvalue weighted by Gasteiger charge is 2.63.